The number of furan rings is 1. The Hall–Kier alpha value is -4.24. The summed E-state index contributed by atoms with van der Waals surface area (Å²) in [5.74, 6) is 0.314. The van der Waals surface area contributed by atoms with Crippen LogP contribution in [0.5, 0.6) is 0 Å². The third-order valence-electron chi connectivity index (χ3n) is 7.94. The number of benzene rings is 1. The molecule has 1 aromatic carbocycles. The summed E-state index contributed by atoms with van der Waals surface area (Å²) >= 11 is 0. The second-order valence-electron chi connectivity index (χ2n) is 11.2. The average molecular weight is 556 g/mol. The molecular weight excluding hydrogens is 518 g/mol. The van der Waals surface area contributed by atoms with Gasteiger partial charge in [0.05, 0.1) is 16.8 Å². The van der Waals surface area contributed by atoms with E-state index in [9.17, 15) is 14.4 Å². The standard InChI is InChI=1S/C32H37N5O4/c1-6-37-26-8-7-23(20-27(26)34(5)30(39)32(3,4)31(37)40)11-15-35(21-24-9-13-33-14-10-24)17-18-36-16-12-28-25(29(36)38)19-22(2)41-28/h7-10,12-14,16,19-20H,6,11,15,17-18,21H2,1-5H3. The van der Waals surface area contributed by atoms with Gasteiger partial charge >= 0.3 is 0 Å². The maximum Gasteiger partial charge on any atom is 0.261 e. The molecule has 1 aliphatic rings. The minimum absolute atomic E-state index is 0.0559. The van der Waals surface area contributed by atoms with Crippen LogP contribution in [0.3, 0.4) is 0 Å². The summed E-state index contributed by atoms with van der Waals surface area (Å²) in [4.78, 5) is 49.3. The molecular formula is C32H37N5O4. The molecule has 0 saturated heterocycles. The molecule has 3 aromatic heterocycles. The lowest BCUT2D eigenvalue weighted by molar-refractivity contribution is -0.137. The highest BCUT2D eigenvalue weighted by Crippen LogP contribution is 2.38. The summed E-state index contributed by atoms with van der Waals surface area (Å²) in [6, 6.07) is 13.6. The molecule has 0 N–H and O–H groups in total. The summed E-state index contributed by atoms with van der Waals surface area (Å²) in [6.07, 6.45) is 6.10. The number of fused-ring (bicyclic) bond motifs is 2. The van der Waals surface area contributed by atoms with E-state index in [1.807, 2.05) is 50.2 Å². The molecule has 4 heterocycles. The maximum atomic E-state index is 13.2. The summed E-state index contributed by atoms with van der Waals surface area (Å²) in [5, 5.41) is 0.595. The maximum absolute atomic E-state index is 13.2. The first-order chi connectivity index (χ1) is 19.6. The molecule has 0 fully saturated rings. The van der Waals surface area contributed by atoms with E-state index in [1.54, 1.807) is 59.9 Å². The van der Waals surface area contributed by atoms with Gasteiger partial charge in [0.15, 0.2) is 0 Å². The molecule has 0 spiro atoms. The SMILES string of the molecule is CCN1C(=O)C(C)(C)C(=O)N(C)c2cc(CCN(CCn3ccc4oc(C)cc4c3=O)Cc3ccncc3)ccc21. The van der Waals surface area contributed by atoms with E-state index >= 15 is 0 Å². The normalized spacial score (nSPS) is 15.1. The van der Waals surface area contributed by atoms with Crippen LogP contribution in [-0.4, -0.2) is 52.9 Å². The predicted octanol–water partition coefficient (Wildman–Crippen LogP) is 4.40. The van der Waals surface area contributed by atoms with Gasteiger partial charge in [0.25, 0.3) is 5.56 Å². The lowest BCUT2D eigenvalue weighted by Crippen LogP contribution is -2.47. The zero-order valence-electron chi connectivity index (χ0n) is 24.4. The van der Waals surface area contributed by atoms with Crippen molar-refractivity contribution < 1.29 is 14.0 Å². The number of anilines is 2. The molecule has 0 radical (unpaired) electrons. The van der Waals surface area contributed by atoms with Crippen molar-refractivity contribution in [3.8, 4) is 0 Å². The first-order valence-electron chi connectivity index (χ1n) is 14.0. The molecule has 9 nitrogen and oxygen atoms in total. The van der Waals surface area contributed by atoms with Crippen LogP contribution < -0.4 is 15.4 Å². The summed E-state index contributed by atoms with van der Waals surface area (Å²) in [5.41, 5.74) is 3.11. The molecule has 0 unspecified atom stereocenters. The van der Waals surface area contributed by atoms with E-state index < -0.39 is 5.41 Å². The highest BCUT2D eigenvalue weighted by Gasteiger charge is 2.45. The molecule has 1 aliphatic heterocycles. The van der Waals surface area contributed by atoms with Crippen LogP contribution in [0, 0.1) is 12.3 Å². The number of hydrogen-bond donors (Lipinski definition) is 0. The van der Waals surface area contributed by atoms with Crippen molar-refractivity contribution in [1.82, 2.24) is 14.5 Å². The second-order valence-corrected chi connectivity index (χ2v) is 11.2. The molecule has 0 saturated carbocycles. The Balaban J connectivity index is 1.37. The molecule has 0 aliphatic carbocycles. The minimum atomic E-state index is -1.14. The van der Waals surface area contributed by atoms with Crippen LogP contribution in [0.15, 0.2) is 70.3 Å². The van der Waals surface area contributed by atoms with E-state index in [1.165, 1.54) is 0 Å². The monoisotopic (exact) mass is 555 g/mol. The Morgan fingerprint density at radius 1 is 0.927 bits per heavy atom. The van der Waals surface area contributed by atoms with Crippen molar-refractivity contribution in [2.75, 3.05) is 36.5 Å². The highest BCUT2D eigenvalue weighted by atomic mass is 16.3. The van der Waals surface area contributed by atoms with Gasteiger partial charge in [-0.25, -0.2) is 0 Å². The van der Waals surface area contributed by atoms with Crippen LogP contribution >= 0.6 is 0 Å². The molecule has 0 atom stereocenters. The minimum Gasteiger partial charge on any atom is -0.461 e. The largest absolute Gasteiger partial charge is 0.461 e. The van der Waals surface area contributed by atoms with Crippen LogP contribution in [0.4, 0.5) is 11.4 Å². The van der Waals surface area contributed by atoms with Gasteiger partial charge < -0.3 is 18.8 Å². The van der Waals surface area contributed by atoms with E-state index in [2.05, 4.69) is 9.88 Å². The van der Waals surface area contributed by atoms with E-state index in [0.29, 0.717) is 37.1 Å². The fraction of sp³-hybridized carbons (Fsp3) is 0.375. The average Bonchev–Trinajstić information content (AvgIpc) is 3.34. The molecule has 4 aromatic rings. The lowest BCUT2D eigenvalue weighted by Gasteiger charge is -2.27. The number of rotatable bonds is 9. The molecule has 5 rings (SSSR count). The number of carbonyl (C=O) groups excluding carboxylic acids is 2. The van der Waals surface area contributed by atoms with Gasteiger partial charge in [0.2, 0.25) is 11.8 Å². The van der Waals surface area contributed by atoms with Gasteiger partial charge in [0, 0.05) is 58.4 Å². The topological polar surface area (TPSA) is 91.9 Å². The Bertz CT molecular complexity index is 1640. The van der Waals surface area contributed by atoms with E-state index in [4.69, 9.17) is 4.42 Å². The first kappa shape index (κ1) is 28.3. The number of nitrogens with zero attached hydrogens (tertiary/aromatic N) is 5. The Kier molecular flexibility index (Phi) is 7.82. The van der Waals surface area contributed by atoms with Gasteiger partial charge in [-0.15, -0.1) is 0 Å². The number of pyridine rings is 2. The Morgan fingerprint density at radius 2 is 1.68 bits per heavy atom. The first-order valence-corrected chi connectivity index (χ1v) is 14.0. The number of carbonyl (C=O) groups is 2. The van der Waals surface area contributed by atoms with Crippen molar-refractivity contribution in [3.63, 3.8) is 0 Å². The molecule has 214 valence electrons. The van der Waals surface area contributed by atoms with Crippen LogP contribution in [0.2, 0.25) is 0 Å². The second kappa shape index (κ2) is 11.3. The zero-order valence-corrected chi connectivity index (χ0v) is 24.4. The van der Waals surface area contributed by atoms with Gasteiger partial charge in [-0.1, -0.05) is 6.07 Å². The molecule has 41 heavy (non-hydrogen) atoms. The van der Waals surface area contributed by atoms with E-state index in [-0.39, 0.29) is 17.4 Å². The van der Waals surface area contributed by atoms with Gasteiger partial charge in [-0.3, -0.25) is 24.3 Å². The van der Waals surface area contributed by atoms with Gasteiger partial charge in [0.1, 0.15) is 16.8 Å². The molecule has 2 amide bonds. The fourth-order valence-electron chi connectivity index (χ4n) is 5.53. The lowest BCUT2D eigenvalue weighted by atomic mass is 9.90. The summed E-state index contributed by atoms with van der Waals surface area (Å²) in [7, 11) is 1.74. The third kappa shape index (κ3) is 5.54. The molecule has 0 bridgehead atoms. The van der Waals surface area contributed by atoms with Gasteiger partial charge in [-0.05, 0) is 81.6 Å². The summed E-state index contributed by atoms with van der Waals surface area (Å²) in [6.45, 7) is 10.3. The van der Waals surface area contributed by atoms with Crippen molar-refractivity contribution in [2.45, 2.75) is 47.2 Å². The van der Waals surface area contributed by atoms with Gasteiger partial charge in [-0.2, -0.15) is 0 Å². The van der Waals surface area contributed by atoms with Crippen molar-refractivity contribution in [2.24, 2.45) is 5.41 Å². The smallest absolute Gasteiger partial charge is 0.261 e. The third-order valence-corrected chi connectivity index (χ3v) is 7.94. The van der Waals surface area contributed by atoms with Crippen LogP contribution in [0.25, 0.3) is 11.0 Å². The number of aromatic nitrogens is 2. The Labute approximate surface area is 240 Å². The number of amides is 2. The fourth-order valence-corrected chi connectivity index (χ4v) is 5.53. The molecule has 9 heteroatoms. The number of aryl methyl sites for hydroxylation is 1. The predicted molar refractivity (Wildman–Crippen MR) is 160 cm³/mol. The highest BCUT2D eigenvalue weighted by molar-refractivity contribution is 6.19. The van der Waals surface area contributed by atoms with Crippen LogP contribution in [-0.2, 0) is 29.1 Å². The van der Waals surface area contributed by atoms with E-state index in [0.717, 1.165) is 41.2 Å². The van der Waals surface area contributed by atoms with Crippen molar-refractivity contribution in [1.29, 1.82) is 0 Å². The van der Waals surface area contributed by atoms with Crippen molar-refractivity contribution >= 4 is 34.2 Å². The zero-order chi connectivity index (χ0) is 29.3. The van der Waals surface area contributed by atoms with Crippen LogP contribution in [0.1, 0.15) is 37.7 Å². The number of hydrogen-bond acceptors (Lipinski definition) is 6. The Morgan fingerprint density at radius 3 is 2.41 bits per heavy atom. The summed E-state index contributed by atoms with van der Waals surface area (Å²) < 4.78 is 7.35. The quantitative estimate of drug-likeness (QED) is 0.285. The van der Waals surface area contributed by atoms with Crippen molar-refractivity contribution in [3.05, 3.63) is 88.3 Å².